The molecule has 2 rings (SSSR count). The largest absolute Gasteiger partial charge is 0.381 e. The molecule has 1 saturated heterocycles. The van der Waals surface area contributed by atoms with E-state index >= 15 is 0 Å². The first-order valence-corrected chi connectivity index (χ1v) is 7.64. The zero-order chi connectivity index (χ0) is 12.8. The van der Waals surface area contributed by atoms with E-state index in [9.17, 15) is 0 Å². The molecule has 1 aliphatic rings. The summed E-state index contributed by atoms with van der Waals surface area (Å²) < 4.78 is 6.78. The van der Waals surface area contributed by atoms with Gasteiger partial charge in [0.1, 0.15) is 0 Å². The van der Waals surface area contributed by atoms with Crippen LogP contribution < -0.4 is 5.32 Å². The highest BCUT2D eigenvalue weighted by molar-refractivity contribution is 9.10. The van der Waals surface area contributed by atoms with E-state index in [-0.39, 0.29) is 0 Å². The van der Waals surface area contributed by atoms with Crippen LogP contribution in [-0.4, -0.2) is 25.8 Å². The second kappa shape index (κ2) is 7.27. The zero-order valence-electron chi connectivity index (χ0n) is 11.0. The summed E-state index contributed by atoms with van der Waals surface area (Å²) >= 11 is 3.48. The van der Waals surface area contributed by atoms with Crippen LogP contribution in [0.15, 0.2) is 28.7 Å². The van der Waals surface area contributed by atoms with Gasteiger partial charge in [0.15, 0.2) is 0 Å². The molecule has 1 N–H and O–H groups in total. The third-order valence-corrected chi connectivity index (χ3v) is 4.07. The minimum Gasteiger partial charge on any atom is -0.381 e. The van der Waals surface area contributed by atoms with Gasteiger partial charge in [-0.25, -0.2) is 0 Å². The topological polar surface area (TPSA) is 21.3 Å². The number of ether oxygens (including phenoxy) is 1. The Hall–Kier alpha value is -0.380. The average Bonchev–Trinajstić information content (AvgIpc) is 2.40. The Morgan fingerprint density at radius 3 is 2.83 bits per heavy atom. The molecule has 0 amide bonds. The normalized spacial score (nSPS) is 24.1. The summed E-state index contributed by atoms with van der Waals surface area (Å²) in [5.74, 6) is 0.603. The van der Waals surface area contributed by atoms with Crippen LogP contribution in [-0.2, 0) is 11.2 Å². The van der Waals surface area contributed by atoms with Gasteiger partial charge in [-0.05, 0) is 43.5 Å². The molecule has 0 spiro atoms. The zero-order valence-corrected chi connectivity index (χ0v) is 12.6. The number of hydrogen-bond acceptors (Lipinski definition) is 2. The van der Waals surface area contributed by atoms with Gasteiger partial charge in [0.05, 0.1) is 6.61 Å². The molecule has 1 aromatic carbocycles. The van der Waals surface area contributed by atoms with E-state index in [1.54, 1.807) is 0 Å². The lowest BCUT2D eigenvalue weighted by atomic mass is 9.89. The molecule has 18 heavy (non-hydrogen) atoms. The molecule has 1 aliphatic heterocycles. The molecule has 2 unspecified atom stereocenters. The number of benzene rings is 1. The van der Waals surface area contributed by atoms with Crippen molar-refractivity contribution >= 4 is 15.9 Å². The van der Waals surface area contributed by atoms with Crippen LogP contribution in [0.1, 0.15) is 25.3 Å². The van der Waals surface area contributed by atoms with Gasteiger partial charge in [-0.2, -0.15) is 0 Å². The Kier molecular flexibility index (Phi) is 5.67. The van der Waals surface area contributed by atoms with Crippen LogP contribution in [0, 0.1) is 5.92 Å². The molecule has 0 radical (unpaired) electrons. The standard InChI is InChI=1S/C15H22BrNO/c1-2-8-17-15-7-9-18-11-13(15)10-12-3-5-14(16)6-4-12/h3-6,13,15,17H,2,7-11H2,1H3. The number of hydrogen-bond donors (Lipinski definition) is 1. The predicted molar refractivity (Wildman–Crippen MR) is 78.9 cm³/mol. The Morgan fingerprint density at radius 1 is 1.33 bits per heavy atom. The van der Waals surface area contributed by atoms with Crippen molar-refractivity contribution in [1.82, 2.24) is 5.32 Å². The van der Waals surface area contributed by atoms with Gasteiger partial charge in [-0.15, -0.1) is 0 Å². The molecule has 1 fully saturated rings. The molecular weight excluding hydrogens is 290 g/mol. The SMILES string of the molecule is CCCNC1CCOCC1Cc1ccc(Br)cc1. The number of rotatable bonds is 5. The minimum absolute atomic E-state index is 0.603. The first-order valence-electron chi connectivity index (χ1n) is 6.85. The van der Waals surface area contributed by atoms with Crippen molar-refractivity contribution < 1.29 is 4.74 Å². The molecule has 100 valence electrons. The molecule has 0 saturated carbocycles. The molecule has 3 heteroatoms. The quantitative estimate of drug-likeness (QED) is 0.900. The second-order valence-corrected chi connectivity index (χ2v) is 5.93. The summed E-state index contributed by atoms with van der Waals surface area (Å²) in [6.45, 7) is 5.12. The first kappa shape index (κ1) is 14.0. The number of halogens is 1. The molecular formula is C15H22BrNO. The maximum Gasteiger partial charge on any atom is 0.0512 e. The van der Waals surface area contributed by atoms with Crippen LogP contribution in [0.5, 0.6) is 0 Å². The lowest BCUT2D eigenvalue weighted by molar-refractivity contribution is 0.0323. The van der Waals surface area contributed by atoms with Crippen molar-refractivity contribution in [1.29, 1.82) is 0 Å². The fourth-order valence-corrected chi connectivity index (χ4v) is 2.78. The Labute approximate surface area is 118 Å². The highest BCUT2D eigenvalue weighted by Gasteiger charge is 2.25. The van der Waals surface area contributed by atoms with Crippen LogP contribution >= 0.6 is 15.9 Å². The fourth-order valence-electron chi connectivity index (χ4n) is 2.52. The van der Waals surface area contributed by atoms with E-state index in [0.717, 1.165) is 37.1 Å². The van der Waals surface area contributed by atoms with Crippen molar-refractivity contribution in [2.75, 3.05) is 19.8 Å². The van der Waals surface area contributed by atoms with Gasteiger partial charge in [0.2, 0.25) is 0 Å². The van der Waals surface area contributed by atoms with Crippen LogP contribution in [0.4, 0.5) is 0 Å². The number of nitrogens with one attached hydrogen (secondary N) is 1. The lowest BCUT2D eigenvalue weighted by Gasteiger charge is -2.32. The summed E-state index contributed by atoms with van der Waals surface area (Å²) in [4.78, 5) is 0. The van der Waals surface area contributed by atoms with Crippen LogP contribution in [0.3, 0.4) is 0 Å². The van der Waals surface area contributed by atoms with Crippen molar-refractivity contribution in [3.05, 3.63) is 34.3 Å². The third-order valence-electron chi connectivity index (χ3n) is 3.54. The minimum atomic E-state index is 0.603. The van der Waals surface area contributed by atoms with Crippen molar-refractivity contribution in [2.45, 2.75) is 32.2 Å². The van der Waals surface area contributed by atoms with Gasteiger partial charge in [-0.3, -0.25) is 0 Å². The lowest BCUT2D eigenvalue weighted by Crippen LogP contribution is -2.43. The van der Waals surface area contributed by atoms with Crippen LogP contribution in [0.2, 0.25) is 0 Å². The highest BCUT2D eigenvalue weighted by Crippen LogP contribution is 2.21. The predicted octanol–water partition coefficient (Wildman–Crippen LogP) is 3.40. The van der Waals surface area contributed by atoms with Gasteiger partial charge in [0.25, 0.3) is 0 Å². The Morgan fingerprint density at radius 2 is 2.11 bits per heavy atom. The Balaban J connectivity index is 1.94. The summed E-state index contributed by atoms with van der Waals surface area (Å²) in [6.07, 6.45) is 3.44. The molecule has 2 nitrogen and oxygen atoms in total. The van der Waals surface area contributed by atoms with E-state index in [1.165, 1.54) is 12.0 Å². The first-order chi connectivity index (χ1) is 8.79. The molecule has 0 bridgehead atoms. The van der Waals surface area contributed by atoms with Gasteiger partial charge < -0.3 is 10.1 Å². The molecule has 1 aromatic rings. The van der Waals surface area contributed by atoms with E-state index < -0.39 is 0 Å². The van der Waals surface area contributed by atoms with Gasteiger partial charge in [0, 0.05) is 23.0 Å². The van der Waals surface area contributed by atoms with Crippen molar-refractivity contribution in [2.24, 2.45) is 5.92 Å². The second-order valence-electron chi connectivity index (χ2n) is 5.01. The molecule has 1 heterocycles. The monoisotopic (exact) mass is 311 g/mol. The fraction of sp³-hybridized carbons (Fsp3) is 0.600. The van der Waals surface area contributed by atoms with Crippen molar-refractivity contribution in [3.8, 4) is 0 Å². The smallest absolute Gasteiger partial charge is 0.0512 e. The maximum absolute atomic E-state index is 5.64. The maximum atomic E-state index is 5.64. The summed E-state index contributed by atoms with van der Waals surface area (Å²) in [6, 6.07) is 9.26. The van der Waals surface area contributed by atoms with Crippen molar-refractivity contribution in [3.63, 3.8) is 0 Å². The summed E-state index contributed by atoms with van der Waals surface area (Å²) in [5.41, 5.74) is 1.40. The van der Waals surface area contributed by atoms with Crippen LogP contribution in [0.25, 0.3) is 0 Å². The molecule has 2 atom stereocenters. The molecule has 0 aromatic heterocycles. The summed E-state index contributed by atoms with van der Waals surface area (Å²) in [7, 11) is 0. The summed E-state index contributed by atoms with van der Waals surface area (Å²) in [5, 5.41) is 3.66. The average molecular weight is 312 g/mol. The van der Waals surface area contributed by atoms with E-state index in [2.05, 4.69) is 52.4 Å². The van der Waals surface area contributed by atoms with E-state index in [0.29, 0.717) is 12.0 Å². The highest BCUT2D eigenvalue weighted by atomic mass is 79.9. The molecule has 0 aliphatic carbocycles. The van der Waals surface area contributed by atoms with Gasteiger partial charge >= 0.3 is 0 Å². The van der Waals surface area contributed by atoms with E-state index in [1.807, 2.05) is 0 Å². The third kappa shape index (κ3) is 4.08. The Bertz CT molecular complexity index is 352. The van der Waals surface area contributed by atoms with E-state index in [4.69, 9.17) is 4.74 Å². The van der Waals surface area contributed by atoms with Gasteiger partial charge in [-0.1, -0.05) is 35.0 Å².